The minimum absolute atomic E-state index is 0.0969. The van der Waals surface area contributed by atoms with Gasteiger partial charge in [-0.1, -0.05) is 0 Å². The van der Waals surface area contributed by atoms with Crippen LogP contribution in [0.25, 0.3) is 11.0 Å². The second kappa shape index (κ2) is 15.4. The van der Waals surface area contributed by atoms with Gasteiger partial charge in [0.15, 0.2) is 11.6 Å². The van der Waals surface area contributed by atoms with Crippen molar-refractivity contribution in [3.05, 3.63) is 5.28 Å². The average Bonchev–Trinajstić information content (AvgIpc) is 3.01. The zero-order valence-electron chi connectivity index (χ0n) is 25.0. The monoisotopic (exact) mass is 607 g/mol. The van der Waals surface area contributed by atoms with Crippen molar-refractivity contribution in [3.8, 4) is 0 Å². The lowest BCUT2D eigenvalue weighted by molar-refractivity contribution is -0.149. The van der Waals surface area contributed by atoms with Gasteiger partial charge in [0.1, 0.15) is 11.0 Å². The summed E-state index contributed by atoms with van der Waals surface area (Å²) in [5.41, 5.74) is 1.13. The number of hydrogen-bond donors (Lipinski definition) is 0. The molecule has 0 bridgehead atoms. The van der Waals surface area contributed by atoms with Crippen molar-refractivity contribution in [2.24, 2.45) is 11.8 Å². The first-order valence-corrected chi connectivity index (χ1v) is 15.1. The molecule has 2 fully saturated rings. The summed E-state index contributed by atoms with van der Waals surface area (Å²) in [7, 11) is 3.31. The quantitative estimate of drug-likeness (QED) is 0.244. The van der Waals surface area contributed by atoms with E-state index in [1.807, 2.05) is 18.7 Å². The molecule has 14 heteroatoms. The highest BCUT2D eigenvalue weighted by Crippen LogP contribution is 2.35. The molecule has 2 saturated heterocycles. The Morgan fingerprint density at radius 1 is 0.762 bits per heavy atom. The second-order valence-electron chi connectivity index (χ2n) is 10.4. The van der Waals surface area contributed by atoms with Crippen LogP contribution in [0.4, 0.5) is 17.6 Å². The van der Waals surface area contributed by atoms with Crippen LogP contribution in [0.15, 0.2) is 0 Å². The van der Waals surface area contributed by atoms with E-state index in [0.29, 0.717) is 120 Å². The third-order valence-corrected chi connectivity index (χ3v) is 7.88. The molecule has 0 N–H and O–H groups in total. The van der Waals surface area contributed by atoms with Gasteiger partial charge in [0.2, 0.25) is 11.2 Å². The Bertz CT molecular complexity index is 1200. The van der Waals surface area contributed by atoms with Crippen LogP contribution in [-0.4, -0.2) is 112 Å². The largest absolute Gasteiger partial charge is 0.466 e. The summed E-state index contributed by atoms with van der Waals surface area (Å²) >= 11 is 6.51. The third kappa shape index (κ3) is 7.67. The number of rotatable bonds is 13. The molecule has 4 rings (SSSR count). The zero-order valence-corrected chi connectivity index (χ0v) is 25.8. The average molecular weight is 608 g/mol. The Labute approximate surface area is 251 Å². The van der Waals surface area contributed by atoms with Crippen LogP contribution in [0.5, 0.6) is 0 Å². The van der Waals surface area contributed by atoms with Crippen molar-refractivity contribution in [1.82, 2.24) is 19.9 Å². The molecule has 2 aromatic heterocycles. The predicted molar refractivity (Wildman–Crippen MR) is 159 cm³/mol. The van der Waals surface area contributed by atoms with Gasteiger partial charge in [-0.25, -0.2) is 9.97 Å². The van der Waals surface area contributed by atoms with E-state index in [0.717, 1.165) is 0 Å². The van der Waals surface area contributed by atoms with Gasteiger partial charge in [-0.15, -0.1) is 0 Å². The first-order chi connectivity index (χ1) is 20.4. The molecule has 0 aliphatic carbocycles. The van der Waals surface area contributed by atoms with Crippen molar-refractivity contribution in [2.45, 2.75) is 39.5 Å². The van der Waals surface area contributed by atoms with Crippen LogP contribution in [0.2, 0.25) is 5.28 Å². The molecular weight excluding hydrogens is 566 g/mol. The van der Waals surface area contributed by atoms with E-state index in [9.17, 15) is 9.59 Å². The number of methoxy groups -OCH3 is 2. The molecule has 2 aromatic rings. The maximum absolute atomic E-state index is 12.4. The lowest BCUT2D eigenvalue weighted by atomic mass is 9.96. The molecule has 2 aliphatic heterocycles. The highest BCUT2D eigenvalue weighted by atomic mass is 35.5. The first-order valence-electron chi connectivity index (χ1n) is 14.7. The molecule has 0 saturated carbocycles. The number of aromatic nitrogens is 4. The van der Waals surface area contributed by atoms with Crippen LogP contribution >= 0.6 is 11.6 Å². The number of halogens is 1. The van der Waals surface area contributed by atoms with Gasteiger partial charge in [0, 0.05) is 53.5 Å². The Hall–Kier alpha value is -3.03. The summed E-state index contributed by atoms with van der Waals surface area (Å²) in [5.74, 6) is 1.14. The fraction of sp³-hybridized carbons (Fsp3) is 0.714. The molecule has 42 heavy (non-hydrogen) atoms. The number of fused-ring (bicyclic) bond motifs is 1. The number of carbonyl (C=O) groups excluding carboxylic acids is 2. The van der Waals surface area contributed by atoms with Crippen LogP contribution in [-0.2, 0) is 28.5 Å². The summed E-state index contributed by atoms with van der Waals surface area (Å²) in [6, 6.07) is 0. The number of piperidine rings is 2. The molecule has 13 nitrogen and oxygen atoms in total. The Balaban J connectivity index is 1.73. The number of esters is 2. The fourth-order valence-electron chi connectivity index (χ4n) is 5.42. The number of hydrogen-bond acceptors (Lipinski definition) is 13. The van der Waals surface area contributed by atoms with E-state index in [1.165, 1.54) is 0 Å². The molecule has 0 atom stereocenters. The molecule has 0 radical (unpaired) electrons. The van der Waals surface area contributed by atoms with E-state index >= 15 is 0 Å². The topological polar surface area (TPSA) is 132 Å². The number of ether oxygens (including phenoxy) is 4. The third-order valence-electron chi connectivity index (χ3n) is 7.71. The molecule has 232 valence electrons. The summed E-state index contributed by atoms with van der Waals surface area (Å²) in [4.78, 5) is 50.2. The molecule has 0 spiro atoms. The molecule has 2 aliphatic rings. The summed E-state index contributed by atoms with van der Waals surface area (Å²) in [5, 5.41) is 0.0969. The lowest BCUT2D eigenvalue weighted by Crippen LogP contribution is -2.39. The molecule has 0 unspecified atom stereocenters. The molecule has 4 heterocycles. The highest BCUT2D eigenvalue weighted by molar-refractivity contribution is 6.29. The normalized spacial score (nSPS) is 16.6. The maximum Gasteiger partial charge on any atom is 0.309 e. The Kier molecular flexibility index (Phi) is 11.7. The van der Waals surface area contributed by atoms with Crippen LogP contribution < -0.4 is 14.7 Å². The number of nitrogens with zero attached hydrogens (tertiary/aromatic N) is 7. The van der Waals surface area contributed by atoms with Gasteiger partial charge in [-0.2, -0.15) is 9.97 Å². The van der Waals surface area contributed by atoms with Crippen molar-refractivity contribution < 1.29 is 28.5 Å². The van der Waals surface area contributed by atoms with Gasteiger partial charge in [0.25, 0.3) is 0 Å². The van der Waals surface area contributed by atoms with Gasteiger partial charge in [-0.3, -0.25) is 9.59 Å². The predicted octanol–water partition coefficient (Wildman–Crippen LogP) is 2.73. The van der Waals surface area contributed by atoms with E-state index in [2.05, 4.69) is 19.8 Å². The molecule has 0 amide bonds. The number of anilines is 3. The molecular formula is C28H42ClN7O6. The summed E-state index contributed by atoms with van der Waals surface area (Å²) in [6.07, 6.45) is 2.57. The van der Waals surface area contributed by atoms with Crippen molar-refractivity contribution >= 4 is 52.2 Å². The zero-order chi connectivity index (χ0) is 30.1. The van der Waals surface area contributed by atoms with Gasteiger partial charge in [0.05, 0.1) is 38.3 Å². The minimum atomic E-state index is -0.159. The van der Waals surface area contributed by atoms with Crippen molar-refractivity contribution in [3.63, 3.8) is 0 Å². The van der Waals surface area contributed by atoms with Crippen LogP contribution in [0.3, 0.4) is 0 Å². The second-order valence-corrected chi connectivity index (χ2v) is 10.7. The van der Waals surface area contributed by atoms with Crippen LogP contribution in [0, 0.1) is 11.8 Å². The number of carbonyl (C=O) groups is 2. The van der Waals surface area contributed by atoms with Gasteiger partial charge < -0.3 is 33.6 Å². The maximum atomic E-state index is 12.4. The van der Waals surface area contributed by atoms with E-state index in [-0.39, 0.29) is 29.1 Å². The lowest BCUT2D eigenvalue weighted by Gasteiger charge is -2.34. The summed E-state index contributed by atoms with van der Waals surface area (Å²) < 4.78 is 21.2. The summed E-state index contributed by atoms with van der Waals surface area (Å²) in [6.45, 7) is 8.87. The Morgan fingerprint density at radius 3 is 1.67 bits per heavy atom. The minimum Gasteiger partial charge on any atom is -0.466 e. The molecule has 0 aromatic carbocycles. The fourth-order valence-corrected chi connectivity index (χ4v) is 5.58. The van der Waals surface area contributed by atoms with E-state index < -0.39 is 0 Å². The standard InChI is InChI=1S/C28H42ClN7O6/c1-5-41-25(37)19-7-11-34(12-8-19)23-22-21(30-27(29)32-23)24(35-13-9-20(10-14-35)26(38)42-6-2)33-28(31-22)36(15-17-39-3)16-18-40-4/h19-20H,5-18H2,1-4H3. The highest BCUT2D eigenvalue weighted by Gasteiger charge is 2.32. The van der Waals surface area contributed by atoms with Gasteiger partial charge >= 0.3 is 11.9 Å². The smallest absolute Gasteiger partial charge is 0.309 e. The van der Waals surface area contributed by atoms with Gasteiger partial charge in [-0.05, 0) is 51.1 Å². The first kappa shape index (κ1) is 31.9. The SMILES string of the molecule is CCOC(=O)C1CCN(c2nc(N(CCOC)CCOC)nc3c(N4CCC(C(=O)OCC)CC4)nc(Cl)nc23)CC1. The van der Waals surface area contributed by atoms with E-state index in [4.69, 9.17) is 40.5 Å². The van der Waals surface area contributed by atoms with Crippen LogP contribution in [0.1, 0.15) is 39.5 Å². The van der Waals surface area contributed by atoms with Crippen molar-refractivity contribution in [2.75, 3.05) is 94.6 Å². The van der Waals surface area contributed by atoms with Crippen molar-refractivity contribution in [1.29, 1.82) is 0 Å². The Morgan fingerprint density at radius 2 is 1.21 bits per heavy atom. The van der Waals surface area contributed by atoms with E-state index in [1.54, 1.807) is 14.2 Å².